The van der Waals surface area contributed by atoms with Gasteiger partial charge in [-0.3, -0.25) is 9.78 Å². The second kappa shape index (κ2) is 10.5. The van der Waals surface area contributed by atoms with Crippen LogP contribution in [0.3, 0.4) is 0 Å². The predicted octanol–water partition coefficient (Wildman–Crippen LogP) is 4.80. The lowest BCUT2D eigenvalue weighted by Crippen LogP contribution is -2.56. The fourth-order valence-corrected chi connectivity index (χ4v) is 5.97. The molecule has 1 amide bonds. The molecule has 1 fully saturated rings. The van der Waals surface area contributed by atoms with Gasteiger partial charge in [-0.25, -0.2) is 23.1 Å². The van der Waals surface area contributed by atoms with Crippen molar-refractivity contribution in [3.05, 3.63) is 81.5 Å². The van der Waals surface area contributed by atoms with Gasteiger partial charge in [-0.05, 0) is 42.7 Å². The van der Waals surface area contributed by atoms with Gasteiger partial charge in [0, 0.05) is 25.8 Å². The van der Waals surface area contributed by atoms with Crippen LogP contribution < -0.4 is 15.3 Å². The van der Waals surface area contributed by atoms with Gasteiger partial charge in [-0.1, -0.05) is 38.1 Å². The summed E-state index contributed by atoms with van der Waals surface area (Å²) >= 11 is 6.85. The van der Waals surface area contributed by atoms with Crippen LogP contribution >= 0.6 is 11.6 Å². The highest BCUT2D eigenvalue weighted by Gasteiger charge is 2.37. The van der Waals surface area contributed by atoms with Crippen molar-refractivity contribution >= 4 is 34.4 Å². The Balaban J connectivity index is 1.71. The zero-order valence-electron chi connectivity index (χ0n) is 23.2. The molecule has 0 saturated carbocycles. The van der Waals surface area contributed by atoms with Crippen molar-refractivity contribution in [3.63, 3.8) is 0 Å². The first-order valence-corrected chi connectivity index (χ1v) is 13.9. The summed E-state index contributed by atoms with van der Waals surface area (Å²) in [7, 11) is 0. The second-order valence-corrected chi connectivity index (χ2v) is 11.0. The summed E-state index contributed by atoms with van der Waals surface area (Å²) in [4.78, 5) is 43.7. The highest BCUT2D eigenvalue weighted by molar-refractivity contribution is 6.36. The number of carbonyl (C=O) groups excluding carboxylic acids is 1. The molecular formula is C30H27ClF2N6O3. The molecule has 0 aliphatic carbocycles. The molecule has 5 heterocycles. The first-order valence-electron chi connectivity index (χ1n) is 13.5. The molecule has 6 rings (SSSR count). The molecule has 12 heteroatoms. The number of aromatic nitrogens is 4. The maximum atomic E-state index is 15.1. The van der Waals surface area contributed by atoms with Crippen molar-refractivity contribution in [2.24, 2.45) is 0 Å². The second-order valence-electron chi connectivity index (χ2n) is 10.6. The van der Waals surface area contributed by atoms with Crippen LogP contribution in [-0.2, 0) is 4.79 Å². The third-order valence-electron chi connectivity index (χ3n) is 7.69. The van der Waals surface area contributed by atoms with Crippen molar-refractivity contribution in [2.45, 2.75) is 32.7 Å². The summed E-state index contributed by atoms with van der Waals surface area (Å²) in [5.41, 5.74) is 0.587. The molecule has 216 valence electrons. The highest BCUT2D eigenvalue weighted by atomic mass is 35.5. The number of hydrogen-bond acceptors (Lipinski definition) is 7. The van der Waals surface area contributed by atoms with Crippen LogP contribution in [0.15, 0.2) is 47.9 Å². The molecule has 1 atom stereocenters. The Kier molecular flexibility index (Phi) is 6.92. The van der Waals surface area contributed by atoms with Gasteiger partial charge in [0.05, 0.1) is 23.0 Å². The minimum atomic E-state index is -0.871. The highest BCUT2D eigenvalue weighted by Crippen LogP contribution is 2.46. The van der Waals surface area contributed by atoms with Gasteiger partial charge >= 0.3 is 5.69 Å². The summed E-state index contributed by atoms with van der Waals surface area (Å²) < 4.78 is 37.9. The van der Waals surface area contributed by atoms with E-state index in [9.17, 15) is 9.59 Å². The predicted molar refractivity (Wildman–Crippen MR) is 156 cm³/mol. The van der Waals surface area contributed by atoms with E-state index >= 15 is 8.78 Å². The molecule has 4 aromatic rings. The van der Waals surface area contributed by atoms with E-state index in [0.29, 0.717) is 29.9 Å². The van der Waals surface area contributed by atoms with Crippen molar-refractivity contribution in [2.75, 3.05) is 31.1 Å². The molecule has 9 nitrogen and oxygen atoms in total. The standard InChI is InChI=1S/C30H27ClF2N6O3/c1-5-20(40)37-11-12-38-17(13-37)14-42-27-22-28(38)36-30(41)39(26-16(4)9-10-34-24(26)15(2)3)29(22)35-25(23(27)31)21-18(32)7-6-8-19(21)33/h5-10,15,17H,1,11-14H2,2-4H3/t17-/m1/s1. The van der Waals surface area contributed by atoms with Crippen LogP contribution in [-0.4, -0.2) is 62.6 Å². The van der Waals surface area contributed by atoms with Crippen molar-refractivity contribution in [3.8, 4) is 22.7 Å². The molecule has 0 radical (unpaired) electrons. The smallest absolute Gasteiger partial charge is 0.355 e. The van der Waals surface area contributed by atoms with Crippen LogP contribution in [0.1, 0.15) is 31.0 Å². The zero-order chi connectivity index (χ0) is 29.9. The number of carbonyl (C=O) groups is 1. The number of nitrogens with zero attached hydrogens (tertiary/aromatic N) is 6. The molecule has 1 saturated heterocycles. The largest absolute Gasteiger partial charge is 0.489 e. The third kappa shape index (κ3) is 4.30. The van der Waals surface area contributed by atoms with Crippen LogP contribution in [0.2, 0.25) is 5.02 Å². The normalized spacial score (nSPS) is 16.3. The summed E-state index contributed by atoms with van der Waals surface area (Å²) in [5.74, 6) is -1.68. The molecule has 3 aromatic heterocycles. The SMILES string of the molecule is C=CC(=O)N1CCN2c3nc(=O)n(-c4c(C)ccnc4C(C)C)c4nc(-c5c(F)cccc5F)c(Cl)c(c34)OC[C@H]2C1. The summed E-state index contributed by atoms with van der Waals surface area (Å²) in [5, 5.41) is 0.203. The molecule has 2 aliphatic heterocycles. The van der Waals surface area contributed by atoms with E-state index in [1.54, 1.807) is 17.2 Å². The van der Waals surface area contributed by atoms with Crippen molar-refractivity contribution < 1.29 is 18.3 Å². The van der Waals surface area contributed by atoms with Gasteiger partial charge in [-0.15, -0.1) is 0 Å². The summed E-state index contributed by atoms with van der Waals surface area (Å²) in [6, 6.07) is 4.84. The van der Waals surface area contributed by atoms with E-state index in [-0.39, 0.29) is 52.9 Å². The van der Waals surface area contributed by atoms with Gasteiger partial charge in [-0.2, -0.15) is 4.98 Å². The maximum absolute atomic E-state index is 15.1. The van der Waals surface area contributed by atoms with Gasteiger partial charge in [0.1, 0.15) is 40.2 Å². The number of piperazine rings is 1. The molecule has 42 heavy (non-hydrogen) atoms. The third-order valence-corrected chi connectivity index (χ3v) is 8.04. The minimum absolute atomic E-state index is 0.0622. The minimum Gasteiger partial charge on any atom is -0.489 e. The number of anilines is 1. The fourth-order valence-electron chi connectivity index (χ4n) is 5.69. The van der Waals surface area contributed by atoms with Crippen molar-refractivity contribution in [1.82, 2.24) is 24.4 Å². The molecule has 1 aromatic carbocycles. The quantitative estimate of drug-likeness (QED) is 0.314. The maximum Gasteiger partial charge on any atom is 0.355 e. The van der Waals surface area contributed by atoms with Crippen molar-refractivity contribution in [1.29, 1.82) is 0 Å². The lowest BCUT2D eigenvalue weighted by atomic mass is 10.0. The number of benzene rings is 1. The first kappa shape index (κ1) is 27.8. The van der Waals surface area contributed by atoms with E-state index < -0.39 is 28.9 Å². The number of ether oxygens (including phenoxy) is 1. The summed E-state index contributed by atoms with van der Waals surface area (Å²) in [6.07, 6.45) is 2.91. The number of halogens is 3. The van der Waals surface area contributed by atoms with E-state index in [2.05, 4.69) is 21.5 Å². The van der Waals surface area contributed by atoms with E-state index in [1.807, 2.05) is 25.7 Å². The number of rotatable bonds is 4. The van der Waals surface area contributed by atoms with Gasteiger partial charge in [0.2, 0.25) is 5.91 Å². The molecule has 0 unspecified atom stereocenters. The van der Waals surface area contributed by atoms with E-state index in [0.717, 1.165) is 17.7 Å². The lowest BCUT2D eigenvalue weighted by molar-refractivity contribution is -0.126. The average Bonchev–Trinajstić information content (AvgIpc) is 3.12. The van der Waals surface area contributed by atoms with Gasteiger partial charge in [0.25, 0.3) is 0 Å². The van der Waals surface area contributed by atoms with Gasteiger partial charge in [0.15, 0.2) is 11.4 Å². The topological polar surface area (TPSA) is 93.5 Å². The monoisotopic (exact) mass is 592 g/mol. The number of amides is 1. The molecule has 0 spiro atoms. The van der Waals surface area contributed by atoms with E-state index in [4.69, 9.17) is 16.3 Å². The Morgan fingerprint density at radius 1 is 1.19 bits per heavy atom. The molecule has 0 N–H and O–H groups in total. The van der Waals surface area contributed by atoms with Gasteiger partial charge < -0.3 is 14.5 Å². The van der Waals surface area contributed by atoms with Crippen LogP contribution in [0.4, 0.5) is 14.6 Å². The first-order chi connectivity index (χ1) is 20.1. The Labute approximate surface area is 245 Å². The Morgan fingerprint density at radius 3 is 2.62 bits per heavy atom. The van der Waals surface area contributed by atoms with E-state index in [1.165, 1.54) is 16.7 Å². The Morgan fingerprint density at radius 2 is 1.93 bits per heavy atom. The Bertz CT molecular complexity index is 1820. The fraction of sp³-hybridized carbons (Fsp3) is 0.300. The number of fused-ring (bicyclic) bond motifs is 2. The average molecular weight is 593 g/mol. The number of pyridine rings is 2. The number of aryl methyl sites for hydroxylation is 1. The van der Waals surface area contributed by atoms with Crippen LogP contribution in [0, 0.1) is 18.6 Å². The zero-order valence-corrected chi connectivity index (χ0v) is 24.0. The summed E-state index contributed by atoms with van der Waals surface area (Å²) in [6.45, 7) is 10.4. The Hall–Kier alpha value is -4.38. The van der Waals surface area contributed by atoms with Crippen LogP contribution in [0.25, 0.3) is 28.0 Å². The molecule has 2 aliphatic rings. The molecule has 0 bridgehead atoms. The molecular weight excluding hydrogens is 566 g/mol. The number of hydrogen-bond donors (Lipinski definition) is 0. The lowest BCUT2D eigenvalue weighted by Gasteiger charge is -2.40. The van der Waals surface area contributed by atoms with Crippen LogP contribution in [0.5, 0.6) is 5.75 Å².